The summed E-state index contributed by atoms with van der Waals surface area (Å²) >= 11 is -0.739. The number of nitrogens with zero attached hydrogens (tertiary/aromatic N) is 1. The zero-order chi connectivity index (χ0) is 11.5. The fraction of sp³-hybridized carbons (Fsp3) is 0. The predicted octanol–water partition coefficient (Wildman–Crippen LogP) is -2.81. The molecule has 1 aromatic heterocycles. The van der Waals surface area contributed by atoms with Crippen LogP contribution in [0.3, 0.4) is 0 Å². The highest BCUT2D eigenvalue weighted by Gasteiger charge is 2.26. The highest BCUT2D eigenvalue weighted by Crippen LogP contribution is 1.98. The van der Waals surface area contributed by atoms with Crippen molar-refractivity contribution in [3.63, 3.8) is 0 Å². The van der Waals surface area contributed by atoms with E-state index in [0.717, 1.165) is 3.57 Å². The van der Waals surface area contributed by atoms with Crippen molar-refractivity contribution in [3.05, 3.63) is 47.8 Å². The van der Waals surface area contributed by atoms with Gasteiger partial charge in [-0.15, -0.1) is 0 Å². The number of hydrogen-bond acceptors (Lipinski definition) is 4. The summed E-state index contributed by atoms with van der Waals surface area (Å²) in [6.45, 7) is 0. The first-order valence-electron chi connectivity index (χ1n) is 4.45. The van der Waals surface area contributed by atoms with Gasteiger partial charge in [0.15, 0.2) is 3.57 Å². The van der Waals surface area contributed by atoms with Crippen LogP contribution in [0.2, 0.25) is 0 Å². The number of rotatable bonds is 2. The Labute approximate surface area is 102 Å². The van der Waals surface area contributed by atoms with Gasteiger partial charge in [-0.2, -0.15) is 4.98 Å². The monoisotopic (exact) mass is 330 g/mol. The van der Waals surface area contributed by atoms with E-state index in [4.69, 9.17) is 5.73 Å². The molecular weight excluding hydrogens is 321 g/mol. The topological polar surface area (TPSA) is 92.0 Å². The molecular formula is C10H9IN3O2+. The summed E-state index contributed by atoms with van der Waals surface area (Å²) in [6.07, 6.45) is 0. The molecule has 1 heterocycles. The second-order valence-corrected chi connectivity index (χ2v) is 5.84. The number of aromatic amines is 1. The third kappa shape index (κ3) is 2.32. The van der Waals surface area contributed by atoms with E-state index in [1.54, 1.807) is 0 Å². The third-order valence-electron chi connectivity index (χ3n) is 1.80. The van der Waals surface area contributed by atoms with Gasteiger partial charge in [0, 0.05) is 0 Å². The number of H-pyrrole nitrogens is 1. The summed E-state index contributed by atoms with van der Waals surface area (Å²) in [7, 11) is 0. The Balaban J connectivity index is 2.39. The molecule has 0 aliphatic heterocycles. The number of anilines is 1. The SMILES string of the molecule is Nc1nc(O)c([I+]c2ccccc2)c(=O)[nH]1. The van der Waals surface area contributed by atoms with Crippen LogP contribution in [-0.2, 0) is 0 Å². The molecule has 4 N–H and O–H groups in total. The van der Waals surface area contributed by atoms with Gasteiger partial charge in [0.25, 0.3) is 5.88 Å². The Kier molecular flexibility index (Phi) is 3.09. The van der Waals surface area contributed by atoms with Crippen LogP contribution < -0.4 is 32.5 Å². The number of nitrogen functional groups attached to an aromatic ring is 1. The Hall–Kier alpha value is -1.57. The molecule has 2 aromatic rings. The van der Waals surface area contributed by atoms with Crippen LogP contribution in [0.4, 0.5) is 5.95 Å². The standard InChI is InChI=1S/C10H8IN3O2/c12-10-13-8(15)7(9(16)14-10)11-6-4-2-1-3-5-6/h1-5H,(H3-,12,13,14,15,16)/p+1. The van der Waals surface area contributed by atoms with Crippen LogP contribution in [0.1, 0.15) is 0 Å². The van der Waals surface area contributed by atoms with Crippen LogP contribution >= 0.6 is 0 Å². The van der Waals surface area contributed by atoms with Crippen LogP contribution in [0.15, 0.2) is 35.1 Å². The Bertz CT molecular complexity index is 554. The Morgan fingerprint density at radius 2 is 2.00 bits per heavy atom. The van der Waals surface area contributed by atoms with E-state index in [1.807, 2.05) is 30.3 Å². The molecule has 0 aliphatic rings. The molecule has 2 rings (SSSR count). The van der Waals surface area contributed by atoms with Crippen molar-refractivity contribution in [2.75, 3.05) is 5.73 Å². The Morgan fingerprint density at radius 1 is 1.31 bits per heavy atom. The van der Waals surface area contributed by atoms with Crippen LogP contribution in [-0.4, -0.2) is 15.1 Å². The molecule has 6 heteroatoms. The van der Waals surface area contributed by atoms with E-state index in [-0.39, 0.29) is 17.4 Å². The molecule has 0 amide bonds. The molecule has 0 aliphatic carbocycles. The smallest absolute Gasteiger partial charge is 0.370 e. The molecule has 5 nitrogen and oxygen atoms in total. The number of hydrogen-bond donors (Lipinski definition) is 3. The van der Waals surface area contributed by atoms with Gasteiger partial charge >= 0.3 is 30.3 Å². The van der Waals surface area contributed by atoms with Crippen LogP contribution in [0.25, 0.3) is 0 Å². The maximum Gasteiger partial charge on any atom is 0.370 e. The summed E-state index contributed by atoms with van der Waals surface area (Å²) in [5, 5.41) is 9.55. The number of aromatic nitrogens is 2. The number of benzene rings is 1. The fourth-order valence-electron chi connectivity index (χ4n) is 1.14. The lowest BCUT2D eigenvalue weighted by Gasteiger charge is -1.93. The largest absolute Gasteiger partial charge is 0.490 e. The van der Waals surface area contributed by atoms with Gasteiger partial charge in [-0.05, 0) is 12.1 Å². The summed E-state index contributed by atoms with van der Waals surface area (Å²) in [4.78, 5) is 17.6. The highest BCUT2D eigenvalue weighted by molar-refractivity contribution is 5.19. The molecule has 0 saturated heterocycles. The molecule has 0 saturated carbocycles. The lowest BCUT2D eigenvalue weighted by atomic mass is 10.4. The van der Waals surface area contributed by atoms with Crippen molar-refractivity contribution in [1.82, 2.24) is 9.97 Å². The number of nitrogens with two attached hydrogens (primary N) is 1. The molecule has 0 atom stereocenters. The van der Waals surface area contributed by atoms with Crippen LogP contribution in [0, 0.1) is 7.14 Å². The first-order valence-corrected chi connectivity index (χ1v) is 6.61. The minimum Gasteiger partial charge on any atom is -0.490 e. The summed E-state index contributed by atoms with van der Waals surface area (Å²) in [5.41, 5.74) is 4.95. The van der Waals surface area contributed by atoms with Gasteiger partial charge in [0.1, 0.15) is 0 Å². The minimum absolute atomic E-state index is 0.0664. The van der Waals surface area contributed by atoms with Crippen molar-refractivity contribution in [2.45, 2.75) is 0 Å². The Morgan fingerprint density at radius 3 is 2.62 bits per heavy atom. The number of aromatic hydroxyl groups is 1. The number of halogens is 1. The second-order valence-electron chi connectivity index (χ2n) is 2.98. The van der Waals surface area contributed by atoms with Gasteiger partial charge in [-0.3, -0.25) is 9.78 Å². The van der Waals surface area contributed by atoms with Gasteiger partial charge in [-0.25, -0.2) is 0 Å². The average Bonchev–Trinajstić information content (AvgIpc) is 2.25. The maximum absolute atomic E-state index is 11.6. The van der Waals surface area contributed by atoms with Gasteiger partial charge in [-0.1, -0.05) is 18.2 Å². The molecule has 0 bridgehead atoms. The zero-order valence-corrected chi connectivity index (χ0v) is 10.3. The van der Waals surface area contributed by atoms with E-state index < -0.39 is 21.2 Å². The molecule has 82 valence electrons. The summed E-state index contributed by atoms with van der Waals surface area (Å²) in [5.74, 6) is -0.332. The van der Waals surface area contributed by atoms with Crippen LogP contribution in [0.5, 0.6) is 5.88 Å². The van der Waals surface area contributed by atoms with Gasteiger partial charge in [0.05, 0.1) is 0 Å². The lowest BCUT2D eigenvalue weighted by molar-refractivity contribution is -0.600. The molecule has 0 unspecified atom stereocenters. The predicted molar refractivity (Wildman–Crippen MR) is 54.8 cm³/mol. The molecule has 0 fully saturated rings. The van der Waals surface area contributed by atoms with Gasteiger partial charge < -0.3 is 10.8 Å². The first kappa shape index (κ1) is 10.9. The maximum atomic E-state index is 11.6. The van der Waals surface area contributed by atoms with E-state index in [0.29, 0.717) is 3.57 Å². The van der Waals surface area contributed by atoms with E-state index >= 15 is 0 Å². The fourth-order valence-corrected chi connectivity index (χ4v) is 3.28. The van der Waals surface area contributed by atoms with Crippen molar-refractivity contribution in [2.24, 2.45) is 0 Å². The van der Waals surface area contributed by atoms with E-state index in [1.165, 1.54) is 0 Å². The molecule has 0 spiro atoms. The summed E-state index contributed by atoms with van der Waals surface area (Å²) < 4.78 is 1.37. The zero-order valence-electron chi connectivity index (χ0n) is 8.14. The minimum atomic E-state index is -0.739. The third-order valence-corrected chi connectivity index (χ3v) is 4.65. The molecule has 16 heavy (non-hydrogen) atoms. The normalized spacial score (nSPS) is 10.2. The molecule has 1 aromatic carbocycles. The summed E-state index contributed by atoms with van der Waals surface area (Å²) in [6, 6.07) is 9.53. The highest BCUT2D eigenvalue weighted by atomic mass is 127. The number of nitrogens with one attached hydrogen (secondary N) is 1. The average molecular weight is 330 g/mol. The second kappa shape index (κ2) is 4.52. The molecule has 0 radical (unpaired) electrons. The van der Waals surface area contributed by atoms with Crippen molar-refractivity contribution in [3.8, 4) is 5.88 Å². The van der Waals surface area contributed by atoms with Crippen molar-refractivity contribution < 1.29 is 26.3 Å². The van der Waals surface area contributed by atoms with E-state index in [9.17, 15) is 9.90 Å². The first-order chi connectivity index (χ1) is 7.66. The van der Waals surface area contributed by atoms with Crippen molar-refractivity contribution in [1.29, 1.82) is 0 Å². The quantitative estimate of drug-likeness (QED) is 0.518. The van der Waals surface area contributed by atoms with Crippen molar-refractivity contribution >= 4 is 5.95 Å². The van der Waals surface area contributed by atoms with E-state index in [2.05, 4.69) is 9.97 Å². The van der Waals surface area contributed by atoms with Gasteiger partial charge in [0.2, 0.25) is 5.95 Å². The lowest BCUT2D eigenvalue weighted by Crippen LogP contribution is -3.62.